The average molecular weight is 129 g/mol. The van der Waals surface area contributed by atoms with Crippen LogP contribution in [-0.2, 0) is 4.79 Å². The lowest BCUT2D eigenvalue weighted by atomic mass is 10.6. The van der Waals surface area contributed by atoms with Crippen molar-refractivity contribution in [2.45, 2.75) is 0 Å². The molecule has 0 aromatic heterocycles. The monoisotopic (exact) mass is 129 g/mol. The van der Waals surface area contributed by atoms with Gasteiger partial charge < -0.3 is 0 Å². The topological polar surface area (TPSA) is 63.5 Å². The molecule has 0 rings (SSSR count). The second-order valence-electron chi connectivity index (χ2n) is 1.20. The summed E-state index contributed by atoms with van der Waals surface area (Å²) >= 11 is 0. The van der Waals surface area contributed by atoms with Crippen LogP contribution in [0.25, 0.3) is 0 Å². The van der Waals surface area contributed by atoms with Crippen molar-refractivity contribution < 1.29 is 9.83 Å². The van der Waals surface area contributed by atoms with Gasteiger partial charge in [-0.25, -0.2) is 10.1 Å². The highest BCUT2D eigenvalue weighted by Crippen LogP contribution is 1.80. The maximum absolute atomic E-state index is 9.74. The van der Waals surface area contributed by atoms with Gasteiger partial charge in [-0.3, -0.25) is 4.79 Å². The fraction of sp³-hybridized carbons (Fsp3) is 0.250. The molecular weight excluding hydrogens is 124 g/mol. The molecule has 0 aliphatic rings. The summed E-state index contributed by atoms with van der Waals surface area (Å²) in [5, 5.41) is 9.16. The van der Waals surface area contributed by atoms with Crippen molar-refractivity contribution in [2.75, 3.05) is 6.54 Å². The molecule has 0 fully saturated rings. The van der Waals surface area contributed by atoms with Gasteiger partial charge in [0.25, 0.3) is 0 Å². The predicted octanol–water partition coefficient (Wildman–Crippen LogP) is -0.267. The zero-order chi connectivity index (χ0) is 7.28. The van der Waals surface area contributed by atoms with Crippen LogP contribution in [0.5, 0.6) is 0 Å². The Morgan fingerprint density at radius 3 is 2.56 bits per heavy atom. The Balaban J connectivity index is 3.81. The minimum Gasteiger partial charge on any atom is -0.257 e. The van der Waals surface area contributed by atoms with Gasteiger partial charge in [0.2, 0.25) is 0 Å². The highest BCUT2D eigenvalue weighted by atomic mass is 16.7. The number of nitro groups is 1. The molecular formula is C4H5N2O3. The fourth-order valence-electron chi connectivity index (χ4n) is 0.260. The third-order valence-electron chi connectivity index (χ3n) is 0.605. The summed E-state index contributed by atoms with van der Waals surface area (Å²) in [4.78, 5) is 19.4. The lowest BCUT2D eigenvalue weighted by Crippen LogP contribution is -2.28. The molecule has 0 unspecified atom stereocenters. The zero-order valence-electron chi connectivity index (χ0n) is 4.61. The van der Waals surface area contributed by atoms with E-state index in [9.17, 15) is 14.9 Å². The summed E-state index contributed by atoms with van der Waals surface area (Å²) in [6.45, 7) is 3.09. The minimum absolute atomic E-state index is 0.115. The number of hydrogen-bond acceptors (Lipinski definition) is 3. The molecule has 0 spiro atoms. The maximum atomic E-state index is 9.74. The summed E-state index contributed by atoms with van der Waals surface area (Å²) in [7, 11) is 0. The van der Waals surface area contributed by atoms with Gasteiger partial charge in [-0.2, -0.15) is 0 Å². The molecule has 0 saturated carbocycles. The summed E-state index contributed by atoms with van der Waals surface area (Å²) in [6.07, 6.45) is 2.36. The van der Waals surface area contributed by atoms with E-state index in [2.05, 4.69) is 6.58 Å². The van der Waals surface area contributed by atoms with Gasteiger partial charge in [-0.05, 0) is 5.01 Å². The van der Waals surface area contributed by atoms with Crippen molar-refractivity contribution in [3.63, 3.8) is 0 Å². The quantitative estimate of drug-likeness (QED) is 0.227. The van der Waals surface area contributed by atoms with Gasteiger partial charge >= 0.3 is 6.41 Å². The number of nitrogens with zero attached hydrogens (tertiary/aromatic N) is 2. The zero-order valence-corrected chi connectivity index (χ0v) is 4.61. The molecule has 0 atom stereocenters. The Morgan fingerprint density at radius 2 is 2.44 bits per heavy atom. The van der Waals surface area contributed by atoms with Crippen molar-refractivity contribution in [2.24, 2.45) is 0 Å². The van der Waals surface area contributed by atoms with E-state index in [1.807, 2.05) is 0 Å². The first-order valence-corrected chi connectivity index (χ1v) is 2.13. The summed E-state index contributed by atoms with van der Waals surface area (Å²) in [5.41, 5.74) is 0. The van der Waals surface area contributed by atoms with E-state index in [1.165, 1.54) is 6.08 Å². The molecule has 0 aromatic rings. The van der Waals surface area contributed by atoms with Gasteiger partial charge in [0.05, 0.1) is 0 Å². The van der Waals surface area contributed by atoms with Crippen LogP contribution in [0, 0.1) is 10.1 Å². The Hall–Kier alpha value is -1.39. The molecule has 0 aliphatic heterocycles. The van der Waals surface area contributed by atoms with Crippen LogP contribution >= 0.6 is 0 Å². The first-order chi connectivity index (χ1) is 4.22. The van der Waals surface area contributed by atoms with E-state index >= 15 is 0 Å². The van der Waals surface area contributed by atoms with E-state index in [0.29, 0.717) is 0 Å². The summed E-state index contributed by atoms with van der Waals surface area (Å²) in [5.74, 6) is 0. The van der Waals surface area contributed by atoms with Crippen LogP contribution in [0.1, 0.15) is 0 Å². The number of hydrazine groups is 1. The molecule has 49 valence electrons. The second-order valence-corrected chi connectivity index (χ2v) is 1.20. The number of hydrogen-bond donors (Lipinski definition) is 0. The molecule has 0 aromatic carbocycles. The van der Waals surface area contributed by atoms with Gasteiger partial charge in [-0.1, -0.05) is 6.08 Å². The van der Waals surface area contributed by atoms with Crippen LogP contribution < -0.4 is 0 Å². The van der Waals surface area contributed by atoms with Gasteiger partial charge in [0.15, 0.2) is 5.03 Å². The van der Waals surface area contributed by atoms with Gasteiger partial charge in [0.1, 0.15) is 6.54 Å². The largest absolute Gasteiger partial charge is 0.377 e. The van der Waals surface area contributed by atoms with Crippen molar-refractivity contribution in [1.82, 2.24) is 5.01 Å². The second kappa shape index (κ2) is 3.59. The number of amides is 1. The molecule has 0 bridgehead atoms. The highest BCUT2D eigenvalue weighted by Gasteiger charge is 2.09. The van der Waals surface area contributed by atoms with E-state index in [1.54, 1.807) is 0 Å². The first kappa shape index (κ1) is 7.61. The number of carbonyl (C=O) groups excluding carboxylic acids is 1. The number of rotatable bonds is 4. The van der Waals surface area contributed by atoms with Crippen LogP contribution in [0.3, 0.4) is 0 Å². The average Bonchev–Trinajstić information content (AvgIpc) is 1.82. The Kier molecular flexibility index (Phi) is 3.04. The molecule has 0 heterocycles. The summed E-state index contributed by atoms with van der Waals surface area (Å²) < 4.78 is 0. The standard InChI is InChI=1S/C4H5N2O3/c1-2-3-5(4-7)6(8)9/h2H,1,3H2. The van der Waals surface area contributed by atoms with Crippen LogP contribution in [0.15, 0.2) is 12.7 Å². The smallest absolute Gasteiger partial charge is 0.257 e. The van der Waals surface area contributed by atoms with Crippen LogP contribution in [-0.4, -0.2) is 23.0 Å². The summed E-state index contributed by atoms with van der Waals surface area (Å²) in [6, 6.07) is 0. The van der Waals surface area contributed by atoms with Crippen molar-refractivity contribution >= 4 is 6.41 Å². The van der Waals surface area contributed by atoms with Gasteiger partial charge in [-0.15, -0.1) is 6.58 Å². The molecule has 1 amide bonds. The SMILES string of the molecule is C=CCN([C]=O)[N+](=O)[O-]. The van der Waals surface area contributed by atoms with Crippen molar-refractivity contribution in [3.8, 4) is 0 Å². The third-order valence-corrected chi connectivity index (χ3v) is 0.605. The van der Waals surface area contributed by atoms with Crippen molar-refractivity contribution in [3.05, 3.63) is 22.8 Å². The van der Waals surface area contributed by atoms with Crippen LogP contribution in [0.2, 0.25) is 0 Å². The van der Waals surface area contributed by atoms with Gasteiger partial charge in [0, 0.05) is 0 Å². The molecule has 9 heavy (non-hydrogen) atoms. The fourth-order valence-corrected chi connectivity index (χ4v) is 0.260. The highest BCUT2D eigenvalue weighted by molar-refractivity contribution is 5.46. The normalized spacial score (nSPS) is 8.00. The molecule has 0 N–H and O–H groups in total. The van der Waals surface area contributed by atoms with E-state index < -0.39 is 5.03 Å². The molecule has 5 heteroatoms. The maximum Gasteiger partial charge on any atom is 0.377 e. The first-order valence-electron chi connectivity index (χ1n) is 2.13. The molecule has 5 nitrogen and oxygen atoms in total. The Morgan fingerprint density at radius 1 is 1.89 bits per heavy atom. The van der Waals surface area contributed by atoms with E-state index in [0.717, 1.165) is 6.41 Å². The van der Waals surface area contributed by atoms with E-state index in [4.69, 9.17) is 0 Å². The lowest BCUT2D eigenvalue weighted by Gasteiger charge is -1.98. The molecule has 1 radical (unpaired) electrons. The van der Waals surface area contributed by atoms with Crippen molar-refractivity contribution in [1.29, 1.82) is 0 Å². The molecule has 0 saturated heterocycles. The Labute approximate surface area is 51.7 Å². The third kappa shape index (κ3) is 2.43. The lowest BCUT2D eigenvalue weighted by molar-refractivity contribution is -0.626. The molecule has 0 aliphatic carbocycles. The Bertz CT molecular complexity index is 134. The van der Waals surface area contributed by atoms with Crippen LogP contribution in [0.4, 0.5) is 0 Å². The minimum atomic E-state index is -0.852. The predicted molar refractivity (Wildman–Crippen MR) is 29.6 cm³/mol. The van der Waals surface area contributed by atoms with E-state index in [-0.39, 0.29) is 11.6 Å².